The van der Waals surface area contributed by atoms with Crippen LogP contribution in [0.3, 0.4) is 0 Å². The van der Waals surface area contributed by atoms with Gasteiger partial charge in [-0.05, 0) is 66.6 Å². The van der Waals surface area contributed by atoms with Crippen molar-refractivity contribution in [2.75, 3.05) is 19.5 Å². The van der Waals surface area contributed by atoms with Gasteiger partial charge in [-0.25, -0.2) is 4.79 Å². The van der Waals surface area contributed by atoms with E-state index in [4.69, 9.17) is 9.47 Å². The van der Waals surface area contributed by atoms with E-state index in [0.717, 1.165) is 41.8 Å². The predicted molar refractivity (Wildman–Crippen MR) is 112 cm³/mol. The number of rotatable bonds is 4. The van der Waals surface area contributed by atoms with E-state index in [1.54, 1.807) is 18.8 Å². The predicted octanol–water partition coefficient (Wildman–Crippen LogP) is 3.72. The first-order chi connectivity index (χ1) is 14.2. The van der Waals surface area contributed by atoms with Gasteiger partial charge < -0.3 is 14.8 Å². The third-order valence-corrected chi connectivity index (χ3v) is 5.87. The largest absolute Gasteiger partial charge is 0.493 e. The highest BCUT2D eigenvalue weighted by Crippen LogP contribution is 2.38. The fraction of sp³-hybridized carbons (Fsp3) is 0.304. The molecule has 1 aliphatic carbocycles. The molecule has 2 heterocycles. The average Bonchev–Trinajstić information content (AvgIpc) is 3.20. The van der Waals surface area contributed by atoms with Crippen molar-refractivity contribution in [2.45, 2.75) is 32.2 Å². The Kier molecular flexibility index (Phi) is 4.27. The second-order valence-electron chi connectivity index (χ2n) is 7.54. The molecule has 6 nitrogen and oxygen atoms in total. The van der Waals surface area contributed by atoms with Crippen LogP contribution in [0, 0.1) is 0 Å². The molecular weight excluding hydrogens is 366 g/mol. The van der Waals surface area contributed by atoms with Gasteiger partial charge in [-0.3, -0.25) is 4.57 Å². The highest BCUT2D eigenvalue weighted by atomic mass is 16.5. The molecule has 1 N–H and O–H groups in total. The van der Waals surface area contributed by atoms with Gasteiger partial charge in [0.05, 0.1) is 19.9 Å². The Hall–Kier alpha value is -3.28. The quantitative estimate of drug-likeness (QED) is 0.737. The summed E-state index contributed by atoms with van der Waals surface area (Å²) in [4.78, 5) is 17.0. The molecule has 1 aromatic heterocycles. The summed E-state index contributed by atoms with van der Waals surface area (Å²) >= 11 is 0. The van der Waals surface area contributed by atoms with E-state index in [1.807, 2.05) is 18.2 Å². The van der Waals surface area contributed by atoms with E-state index in [0.29, 0.717) is 23.9 Å². The lowest BCUT2D eigenvalue weighted by molar-refractivity contribution is 0.354. The summed E-state index contributed by atoms with van der Waals surface area (Å²) in [6.45, 7) is 0.600. The fourth-order valence-corrected chi connectivity index (χ4v) is 4.41. The molecule has 29 heavy (non-hydrogen) atoms. The van der Waals surface area contributed by atoms with Gasteiger partial charge in [0.2, 0.25) is 0 Å². The number of anilines is 2. The van der Waals surface area contributed by atoms with Crippen molar-refractivity contribution in [1.82, 2.24) is 9.55 Å². The summed E-state index contributed by atoms with van der Waals surface area (Å²) in [7, 11) is 3.25. The summed E-state index contributed by atoms with van der Waals surface area (Å²) in [6, 6.07) is 12.3. The number of ether oxygens (including phenoxy) is 2. The van der Waals surface area contributed by atoms with Crippen molar-refractivity contribution < 1.29 is 9.47 Å². The third-order valence-electron chi connectivity index (χ3n) is 5.87. The van der Waals surface area contributed by atoms with Crippen LogP contribution in [0.25, 0.3) is 11.3 Å². The number of hydrogen-bond acceptors (Lipinski definition) is 5. The maximum Gasteiger partial charge on any atom is 0.350 e. The van der Waals surface area contributed by atoms with Gasteiger partial charge in [-0.15, -0.1) is 0 Å². The first-order valence-corrected chi connectivity index (χ1v) is 9.92. The lowest BCUT2D eigenvalue weighted by Gasteiger charge is -2.23. The van der Waals surface area contributed by atoms with Gasteiger partial charge in [0.25, 0.3) is 0 Å². The second kappa shape index (κ2) is 6.95. The SMILES string of the molecule is COc1cc2c(cc1OC)-c1cc(Nc3ccc4c(c3)CCC4)nc(=O)n1CC2. The fourth-order valence-electron chi connectivity index (χ4n) is 4.41. The van der Waals surface area contributed by atoms with Crippen LogP contribution in [0.15, 0.2) is 41.2 Å². The molecule has 6 heteroatoms. The Morgan fingerprint density at radius 2 is 1.72 bits per heavy atom. The zero-order chi connectivity index (χ0) is 20.0. The minimum Gasteiger partial charge on any atom is -0.493 e. The maximum atomic E-state index is 12.7. The molecule has 1 aliphatic heterocycles. The first-order valence-electron chi connectivity index (χ1n) is 9.92. The number of methoxy groups -OCH3 is 2. The first kappa shape index (κ1) is 17.8. The summed E-state index contributed by atoms with van der Waals surface area (Å²) in [6.07, 6.45) is 4.22. The van der Waals surface area contributed by atoms with Crippen molar-refractivity contribution >= 4 is 11.5 Å². The molecule has 0 atom stereocenters. The van der Waals surface area contributed by atoms with Crippen LogP contribution in [0.5, 0.6) is 11.5 Å². The van der Waals surface area contributed by atoms with Crippen LogP contribution < -0.4 is 20.5 Å². The summed E-state index contributed by atoms with van der Waals surface area (Å²) < 4.78 is 12.6. The molecule has 0 radical (unpaired) electrons. The number of nitrogens with one attached hydrogen (secondary N) is 1. The monoisotopic (exact) mass is 389 g/mol. The highest BCUT2D eigenvalue weighted by Gasteiger charge is 2.22. The van der Waals surface area contributed by atoms with E-state index in [1.165, 1.54) is 17.5 Å². The van der Waals surface area contributed by atoms with Crippen LogP contribution >= 0.6 is 0 Å². The Bertz CT molecular complexity index is 1170. The number of aromatic nitrogens is 2. The number of aryl methyl sites for hydroxylation is 3. The van der Waals surface area contributed by atoms with E-state index in [2.05, 4.69) is 28.5 Å². The minimum atomic E-state index is -0.244. The van der Waals surface area contributed by atoms with Gasteiger partial charge in [-0.2, -0.15) is 4.98 Å². The number of benzene rings is 2. The van der Waals surface area contributed by atoms with Crippen molar-refractivity contribution in [3.8, 4) is 22.8 Å². The number of nitrogens with zero attached hydrogens (tertiary/aromatic N) is 2. The molecule has 3 aromatic rings. The van der Waals surface area contributed by atoms with Gasteiger partial charge in [0.15, 0.2) is 11.5 Å². The molecule has 0 saturated heterocycles. The van der Waals surface area contributed by atoms with Gasteiger partial charge in [0.1, 0.15) is 5.82 Å². The Morgan fingerprint density at radius 1 is 0.931 bits per heavy atom. The number of hydrogen-bond donors (Lipinski definition) is 1. The number of fused-ring (bicyclic) bond motifs is 4. The van der Waals surface area contributed by atoms with E-state index in [9.17, 15) is 4.79 Å². The molecule has 0 bridgehead atoms. The topological polar surface area (TPSA) is 65.4 Å². The van der Waals surface area contributed by atoms with Gasteiger partial charge in [0, 0.05) is 23.9 Å². The molecule has 5 rings (SSSR count). The van der Waals surface area contributed by atoms with E-state index >= 15 is 0 Å². The highest BCUT2D eigenvalue weighted by molar-refractivity contribution is 5.73. The van der Waals surface area contributed by atoms with Crippen molar-refractivity contribution in [3.63, 3.8) is 0 Å². The second-order valence-corrected chi connectivity index (χ2v) is 7.54. The molecule has 0 spiro atoms. The van der Waals surface area contributed by atoms with Crippen LogP contribution in [-0.2, 0) is 25.8 Å². The standard InChI is InChI=1S/C23H23N3O3/c1-28-20-11-16-8-9-26-19(18(16)12-21(20)29-2)13-22(25-23(26)27)24-17-7-6-14-4-3-5-15(14)10-17/h6-7,10-13H,3-5,8-9H2,1-2H3,(H,24,25,27). The smallest absolute Gasteiger partial charge is 0.350 e. The van der Waals surface area contributed by atoms with Crippen LogP contribution in [0.1, 0.15) is 23.1 Å². The lowest BCUT2D eigenvalue weighted by atomic mass is 9.97. The Labute approximate surface area is 169 Å². The minimum absolute atomic E-state index is 0.244. The van der Waals surface area contributed by atoms with Gasteiger partial charge >= 0.3 is 5.69 Å². The van der Waals surface area contributed by atoms with Crippen LogP contribution in [0.4, 0.5) is 11.5 Å². The van der Waals surface area contributed by atoms with E-state index < -0.39 is 0 Å². The van der Waals surface area contributed by atoms with Crippen LogP contribution in [-0.4, -0.2) is 23.8 Å². The van der Waals surface area contributed by atoms with Crippen LogP contribution in [0.2, 0.25) is 0 Å². The summed E-state index contributed by atoms with van der Waals surface area (Å²) in [5.41, 5.74) is 6.48. The molecule has 2 aromatic carbocycles. The zero-order valence-electron chi connectivity index (χ0n) is 16.6. The van der Waals surface area contributed by atoms with Crippen molar-refractivity contribution in [1.29, 1.82) is 0 Å². The van der Waals surface area contributed by atoms with Crippen molar-refractivity contribution in [2.24, 2.45) is 0 Å². The third kappa shape index (κ3) is 3.05. The lowest BCUT2D eigenvalue weighted by Crippen LogP contribution is -2.28. The average molecular weight is 389 g/mol. The van der Waals surface area contributed by atoms with Gasteiger partial charge in [-0.1, -0.05) is 6.07 Å². The molecule has 0 fully saturated rings. The normalized spacial score (nSPS) is 14.0. The molecule has 2 aliphatic rings. The summed E-state index contributed by atoms with van der Waals surface area (Å²) in [5.74, 6) is 1.91. The Balaban J connectivity index is 1.57. The van der Waals surface area contributed by atoms with E-state index in [-0.39, 0.29) is 5.69 Å². The molecular formula is C23H23N3O3. The molecule has 0 saturated carbocycles. The zero-order valence-corrected chi connectivity index (χ0v) is 16.6. The molecule has 0 unspecified atom stereocenters. The van der Waals surface area contributed by atoms with Crippen molar-refractivity contribution in [3.05, 3.63) is 63.6 Å². The Morgan fingerprint density at radius 3 is 2.55 bits per heavy atom. The molecule has 0 amide bonds. The summed E-state index contributed by atoms with van der Waals surface area (Å²) in [5, 5.41) is 3.33. The maximum absolute atomic E-state index is 12.7. The molecule has 148 valence electrons.